The summed E-state index contributed by atoms with van der Waals surface area (Å²) in [5, 5.41) is 2.59. The van der Waals surface area contributed by atoms with Crippen molar-refractivity contribution in [3.05, 3.63) is 109 Å². The van der Waals surface area contributed by atoms with Gasteiger partial charge in [-0.25, -0.2) is 13.8 Å². The fraction of sp³-hybridized carbons (Fsp3) is 0.0400. The van der Waals surface area contributed by atoms with E-state index in [9.17, 15) is 13.6 Å². The fourth-order valence-corrected chi connectivity index (χ4v) is 3.61. The average Bonchev–Trinajstić information content (AvgIpc) is 3.52. The zero-order valence-electron chi connectivity index (χ0n) is 17.7. The summed E-state index contributed by atoms with van der Waals surface area (Å²) in [4.78, 5) is 25.2. The summed E-state index contributed by atoms with van der Waals surface area (Å²) in [6, 6.07) is 12.6. The third-order valence-electron chi connectivity index (χ3n) is 5.20. The van der Waals surface area contributed by atoms with Gasteiger partial charge in [-0.1, -0.05) is 0 Å². The molecule has 5 rings (SSSR count). The Kier molecular flexibility index (Phi) is 5.65. The number of anilines is 1. The Hall–Kier alpha value is -4.66. The summed E-state index contributed by atoms with van der Waals surface area (Å²) in [5.41, 5.74) is 2.78. The Morgan fingerprint density at radius 1 is 1.00 bits per heavy atom. The van der Waals surface area contributed by atoms with Gasteiger partial charge in [0.05, 0.1) is 35.9 Å². The van der Waals surface area contributed by atoms with Gasteiger partial charge in [-0.3, -0.25) is 14.8 Å². The van der Waals surface area contributed by atoms with E-state index >= 15 is 0 Å². The number of nitrogens with zero attached hydrogens (tertiary/aromatic N) is 4. The zero-order chi connectivity index (χ0) is 23.5. The number of pyridine rings is 2. The number of hydrogen-bond acceptors (Lipinski definition) is 5. The number of amides is 1. The molecule has 1 amide bonds. The molecular weight excluding hydrogens is 440 g/mol. The number of carbonyl (C=O) groups is 1. The summed E-state index contributed by atoms with van der Waals surface area (Å²) in [6.07, 6.45) is 8.78. The van der Waals surface area contributed by atoms with Crippen LogP contribution in [0.3, 0.4) is 0 Å². The number of halogens is 2. The van der Waals surface area contributed by atoms with E-state index in [4.69, 9.17) is 4.42 Å². The highest BCUT2D eigenvalue weighted by Crippen LogP contribution is 2.37. The van der Waals surface area contributed by atoms with Gasteiger partial charge in [0.15, 0.2) is 11.6 Å². The predicted molar refractivity (Wildman–Crippen MR) is 121 cm³/mol. The number of benzene rings is 1. The molecule has 168 valence electrons. The first kappa shape index (κ1) is 21.2. The number of rotatable bonds is 6. The van der Waals surface area contributed by atoms with Crippen LogP contribution in [0.15, 0.2) is 90.3 Å². The maximum absolute atomic E-state index is 15.0. The zero-order valence-corrected chi connectivity index (χ0v) is 17.7. The first-order valence-corrected chi connectivity index (χ1v) is 10.3. The number of imidazole rings is 1. The lowest BCUT2D eigenvalue weighted by molar-refractivity contribution is 0.0996. The minimum absolute atomic E-state index is 0.0335. The van der Waals surface area contributed by atoms with E-state index in [2.05, 4.69) is 20.3 Å². The highest BCUT2D eigenvalue weighted by molar-refractivity contribution is 6.05. The standard InChI is InChI=1S/C25H17F2N5O2/c26-18-5-3-17(4-6-18)22-24(32(15-30-22)14-16-7-9-28-10-8-16)19-12-29-13-20(27)23(19)31-25(33)21-2-1-11-34-21/h1-13,15H,14H2,(H,29,31,33). The minimum Gasteiger partial charge on any atom is -0.459 e. The van der Waals surface area contributed by atoms with Gasteiger partial charge in [0.25, 0.3) is 5.91 Å². The molecule has 0 radical (unpaired) electrons. The Morgan fingerprint density at radius 3 is 2.53 bits per heavy atom. The van der Waals surface area contributed by atoms with Crippen LogP contribution in [0.4, 0.5) is 14.5 Å². The second-order valence-corrected chi connectivity index (χ2v) is 7.41. The molecule has 1 aromatic carbocycles. The lowest BCUT2D eigenvalue weighted by Crippen LogP contribution is -2.14. The molecule has 0 spiro atoms. The summed E-state index contributed by atoms with van der Waals surface area (Å²) in [5.74, 6) is -1.69. The van der Waals surface area contributed by atoms with Crippen LogP contribution in [0, 0.1) is 11.6 Å². The van der Waals surface area contributed by atoms with Crippen LogP contribution < -0.4 is 5.32 Å². The third kappa shape index (κ3) is 4.18. The molecule has 0 bridgehead atoms. The van der Waals surface area contributed by atoms with Crippen molar-refractivity contribution in [3.8, 4) is 22.5 Å². The van der Waals surface area contributed by atoms with E-state index in [1.54, 1.807) is 36.9 Å². The lowest BCUT2D eigenvalue weighted by Gasteiger charge is -2.15. The van der Waals surface area contributed by atoms with Gasteiger partial charge < -0.3 is 14.3 Å². The van der Waals surface area contributed by atoms with Crippen molar-refractivity contribution < 1.29 is 18.0 Å². The predicted octanol–water partition coefficient (Wildman–Crippen LogP) is 5.18. The van der Waals surface area contributed by atoms with Gasteiger partial charge in [0.1, 0.15) is 5.82 Å². The van der Waals surface area contributed by atoms with Gasteiger partial charge in [0, 0.05) is 36.3 Å². The molecule has 0 aliphatic carbocycles. The van der Waals surface area contributed by atoms with Crippen LogP contribution >= 0.6 is 0 Å². The molecule has 5 aromatic rings. The van der Waals surface area contributed by atoms with Crippen LogP contribution in [0.1, 0.15) is 16.1 Å². The first-order valence-electron chi connectivity index (χ1n) is 10.3. The van der Waals surface area contributed by atoms with Gasteiger partial charge in [0.2, 0.25) is 0 Å². The molecule has 7 nitrogen and oxygen atoms in total. The molecule has 0 aliphatic heterocycles. The molecule has 4 heterocycles. The Labute approximate surface area is 192 Å². The summed E-state index contributed by atoms with van der Waals surface area (Å²) >= 11 is 0. The monoisotopic (exact) mass is 457 g/mol. The maximum atomic E-state index is 15.0. The molecule has 0 saturated heterocycles. The fourth-order valence-electron chi connectivity index (χ4n) is 3.61. The normalized spacial score (nSPS) is 10.9. The van der Waals surface area contributed by atoms with Gasteiger partial charge in [-0.15, -0.1) is 0 Å². The molecule has 9 heteroatoms. The van der Waals surface area contributed by atoms with Crippen molar-refractivity contribution in [1.29, 1.82) is 0 Å². The lowest BCUT2D eigenvalue weighted by atomic mass is 10.0. The Bertz CT molecular complexity index is 1430. The topological polar surface area (TPSA) is 85.8 Å². The number of nitrogens with one attached hydrogen (secondary N) is 1. The number of carbonyl (C=O) groups excluding carboxylic acids is 1. The molecule has 0 atom stereocenters. The van der Waals surface area contributed by atoms with E-state index < -0.39 is 11.7 Å². The van der Waals surface area contributed by atoms with Gasteiger partial charge in [-0.05, 0) is 54.1 Å². The molecule has 0 saturated carbocycles. The van der Waals surface area contributed by atoms with E-state index in [0.29, 0.717) is 29.1 Å². The minimum atomic E-state index is -0.723. The molecule has 1 N–H and O–H groups in total. The maximum Gasteiger partial charge on any atom is 0.291 e. The SMILES string of the molecule is O=C(Nc1c(F)cncc1-c1c(-c2ccc(F)cc2)ncn1Cc1ccncc1)c1ccco1. The molecule has 4 aromatic heterocycles. The quantitative estimate of drug-likeness (QED) is 0.380. The van der Waals surface area contributed by atoms with Crippen molar-refractivity contribution in [1.82, 2.24) is 19.5 Å². The number of furan rings is 1. The smallest absolute Gasteiger partial charge is 0.291 e. The first-order chi connectivity index (χ1) is 16.6. The van der Waals surface area contributed by atoms with Crippen molar-refractivity contribution in [2.24, 2.45) is 0 Å². The molecule has 0 fully saturated rings. The molecule has 34 heavy (non-hydrogen) atoms. The van der Waals surface area contributed by atoms with E-state index in [0.717, 1.165) is 11.8 Å². The largest absolute Gasteiger partial charge is 0.459 e. The highest BCUT2D eigenvalue weighted by Gasteiger charge is 2.23. The highest BCUT2D eigenvalue weighted by atomic mass is 19.1. The average molecular weight is 457 g/mol. The van der Waals surface area contributed by atoms with Crippen molar-refractivity contribution in [2.45, 2.75) is 6.54 Å². The van der Waals surface area contributed by atoms with Crippen molar-refractivity contribution in [3.63, 3.8) is 0 Å². The van der Waals surface area contributed by atoms with Crippen molar-refractivity contribution >= 4 is 11.6 Å². The van der Waals surface area contributed by atoms with E-state index in [-0.39, 0.29) is 17.3 Å². The summed E-state index contributed by atoms with van der Waals surface area (Å²) < 4.78 is 35.5. The van der Waals surface area contributed by atoms with Crippen LogP contribution in [0.2, 0.25) is 0 Å². The third-order valence-corrected chi connectivity index (χ3v) is 5.20. The molecule has 0 aliphatic rings. The van der Waals surface area contributed by atoms with Gasteiger partial charge in [-0.2, -0.15) is 0 Å². The number of hydrogen-bond donors (Lipinski definition) is 1. The van der Waals surface area contributed by atoms with Crippen LogP contribution in [-0.4, -0.2) is 25.4 Å². The second-order valence-electron chi connectivity index (χ2n) is 7.41. The second kappa shape index (κ2) is 9.07. The van der Waals surface area contributed by atoms with Crippen LogP contribution in [0.5, 0.6) is 0 Å². The summed E-state index contributed by atoms with van der Waals surface area (Å²) in [7, 11) is 0. The number of aromatic nitrogens is 4. The van der Waals surface area contributed by atoms with Crippen molar-refractivity contribution in [2.75, 3.05) is 5.32 Å². The molecule has 0 unspecified atom stereocenters. The van der Waals surface area contributed by atoms with E-state index in [1.807, 2.05) is 16.7 Å². The van der Waals surface area contributed by atoms with Crippen LogP contribution in [-0.2, 0) is 6.54 Å². The van der Waals surface area contributed by atoms with E-state index in [1.165, 1.54) is 30.7 Å². The Morgan fingerprint density at radius 2 is 1.79 bits per heavy atom. The molecular formula is C25H17F2N5O2. The van der Waals surface area contributed by atoms with Gasteiger partial charge >= 0.3 is 0 Å². The van der Waals surface area contributed by atoms with Crippen LogP contribution in [0.25, 0.3) is 22.5 Å². The summed E-state index contributed by atoms with van der Waals surface area (Å²) in [6.45, 7) is 0.397. The Balaban J connectivity index is 1.66.